The van der Waals surface area contributed by atoms with Gasteiger partial charge in [-0.25, -0.2) is 17.9 Å². The predicted octanol–water partition coefficient (Wildman–Crippen LogP) is 2.83. The van der Waals surface area contributed by atoms with E-state index in [9.17, 15) is 13.2 Å². The molecule has 8 heteroatoms. The molecule has 0 radical (unpaired) electrons. The van der Waals surface area contributed by atoms with Crippen LogP contribution in [0.1, 0.15) is 0 Å². The van der Waals surface area contributed by atoms with Crippen LogP contribution in [0.25, 0.3) is 0 Å². The molecule has 1 N–H and O–H groups in total. The average Bonchev–Trinajstić information content (AvgIpc) is 2.47. The van der Waals surface area contributed by atoms with Crippen molar-refractivity contribution in [1.82, 2.24) is 4.72 Å². The van der Waals surface area contributed by atoms with Crippen LogP contribution in [0, 0.1) is 0 Å². The Kier molecular flexibility index (Phi) is 4.89. The van der Waals surface area contributed by atoms with Crippen LogP contribution in [0.15, 0.2) is 53.4 Å². The second-order valence-electron chi connectivity index (χ2n) is 4.10. The van der Waals surface area contributed by atoms with E-state index in [-0.39, 0.29) is 10.6 Å². The maximum atomic E-state index is 12.0. The zero-order valence-corrected chi connectivity index (χ0v) is 13.0. The lowest BCUT2D eigenvalue weighted by Crippen LogP contribution is -2.33. The van der Waals surface area contributed by atoms with Crippen LogP contribution in [0.5, 0.6) is 11.5 Å². The first-order valence-corrected chi connectivity index (χ1v) is 7.92. The second kappa shape index (κ2) is 6.67. The minimum Gasteiger partial charge on any atom is -0.493 e. The molecule has 0 saturated carbocycles. The van der Waals surface area contributed by atoms with Crippen LogP contribution in [-0.4, -0.2) is 21.6 Å². The number of nitrogens with one attached hydrogen (secondary N) is 1. The maximum Gasteiger partial charge on any atom is 0.426 e. The molecule has 0 heterocycles. The van der Waals surface area contributed by atoms with E-state index in [1.807, 2.05) is 0 Å². The summed E-state index contributed by atoms with van der Waals surface area (Å²) >= 11 is 5.69. The largest absolute Gasteiger partial charge is 0.493 e. The van der Waals surface area contributed by atoms with Gasteiger partial charge in [0, 0.05) is 5.02 Å². The summed E-state index contributed by atoms with van der Waals surface area (Å²) in [5.74, 6) is 0.412. The molecule has 0 fully saturated rings. The first kappa shape index (κ1) is 16.1. The Hall–Kier alpha value is -2.25. The highest BCUT2D eigenvalue weighted by molar-refractivity contribution is 7.90. The van der Waals surface area contributed by atoms with Crippen molar-refractivity contribution in [3.63, 3.8) is 0 Å². The number of carbonyl (C=O) groups is 1. The maximum absolute atomic E-state index is 12.0. The molecule has 0 unspecified atom stereocenters. The molecule has 0 spiro atoms. The van der Waals surface area contributed by atoms with Gasteiger partial charge in [0.15, 0.2) is 11.5 Å². The van der Waals surface area contributed by atoms with Crippen LogP contribution >= 0.6 is 11.6 Å². The van der Waals surface area contributed by atoms with Crippen molar-refractivity contribution in [3.05, 3.63) is 53.6 Å². The first-order chi connectivity index (χ1) is 10.4. The standard InChI is InChI=1S/C14H12ClNO5S/c1-20-12-4-2-3-5-13(12)21-14(17)16-22(18,19)11-8-6-10(15)7-9-11/h2-9H,1H3,(H,16,17). The molecule has 22 heavy (non-hydrogen) atoms. The van der Waals surface area contributed by atoms with E-state index in [0.717, 1.165) is 0 Å². The number of hydrogen-bond donors (Lipinski definition) is 1. The lowest BCUT2D eigenvalue weighted by molar-refractivity contribution is 0.204. The summed E-state index contributed by atoms with van der Waals surface area (Å²) in [6, 6.07) is 11.7. The van der Waals surface area contributed by atoms with Gasteiger partial charge in [0.2, 0.25) is 0 Å². The fraction of sp³-hybridized carbons (Fsp3) is 0.0714. The number of methoxy groups -OCH3 is 1. The SMILES string of the molecule is COc1ccccc1OC(=O)NS(=O)(=O)c1ccc(Cl)cc1. The zero-order chi connectivity index (χ0) is 16.2. The van der Waals surface area contributed by atoms with Gasteiger partial charge in [-0.2, -0.15) is 0 Å². The third-order valence-electron chi connectivity index (χ3n) is 2.61. The molecule has 0 saturated heterocycles. The summed E-state index contributed by atoms with van der Waals surface area (Å²) in [7, 11) is -2.63. The van der Waals surface area contributed by atoms with Crippen molar-refractivity contribution in [3.8, 4) is 11.5 Å². The molecule has 2 aromatic rings. The van der Waals surface area contributed by atoms with Crippen LogP contribution in [0.4, 0.5) is 4.79 Å². The summed E-state index contributed by atoms with van der Waals surface area (Å²) < 4.78 is 35.8. The van der Waals surface area contributed by atoms with Crippen molar-refractivity contribution < 1.29 is 22.7 Å². The van der Waals surface area contributed by atoms with Gasteiger partial charge in [0.05, 0.1) is 12.0 Å². The number of hydrogen-bond acceptors (Lipinski definition) is 5. The van der Waals surface area contributed by atoms with E-state index >= 15 is 0 Å². The Morgan fingerprint density at radius 3 is 2.23 bits per heavy atom. The van der Waals surface area contributed by atoms with Crippen LogP contribution < -0.4 is 14.2 Å². The van der Waals surface area contributed by atoms with Gasteiger partial charge >= 0.3 is 6.09 Å². The molecule has 0 atom stereocenters. The fourth-order valence-corrected chi connectivity index (χ4v) is 2.61. The van der Waals surface area contributed by atoms with Crippen molar-refractivity contribution in [1.29, 1.82) is 0 Å². The molecule has 0 aliphatic rings. The summed E-state index contributed by atoms with van der Waals surface area (Å²) in [5.41, 5.74) is 0. The topological polar surface area (TPSA) is 81.7 Å². The number of para-hydroxylation sites is 2. The molecule has 0 aliphatic carbocycles. The quantitative estimate of drug-likeness (QED) is 0.924. The fourth-order valence-electron chi connectivity index (χ4n) is 1.61. The molecular weight excluding hydrogens is 330 g/mol. The Morgan fingerprint density at radius 2 is 1.64 bits per heavy atom. The number of benzene rings is 2. The molecule has 2 aromatic carbocycles. The Morgan fingerprint density at radius 1 is 1.05 bits per heavy atom. The highest BCUT2D eigenvalue weighted by Gasteiger charge is 2.19. The summed E-state index contributed by atoms with van der Waals surface area (Å²) in [6.07, 6.45) is -1.14. The smallest absolute Gasteiger partial charge is 0.426 e. The van der Waals surface area contributed by atoms with E-state index in [2.05, 4.69) is 0 Å². The summed E-state index contributed by atoms with van der Waals surface area (Å²) in [4.78, 5) is 11.6. The number of rotatable bonds is 4. The third kappa shape index (κ3) is 3.90. The molecule has 0 aromatic heterocycles. The molecule has 0 bridgehead atoms. The molecule has 6 nitrogen and oxygen atoms in total. The van der Waals surface area contributed by atoms with E-state index in [1.165, 1.54) is 37.4 Å². The van der Waals surface area contributed by atoms with Gasteiger partial charge in [-0.3, -0.25) is 0 Å². The average molecular weight is 342 g/mol. The van der Waals surface area contributed by atoms with E-state index in [1.54, 1.807) is 22.9 Å². The minimum absolute atomic E-state index is 0.103. The van der Waals surface area contributed by atoms with E-state index in [4.69, 9.17) is 21.1 Å². The monoisotopic (exact) mass is 341 g/mol. The molecule has 0 aliphatic heterocycles. The third-order valence-corrected chi connectivity index (χ3v) is 4.19. The number of carbonyl (C=O) groups excluding carboxylic acids is 1. The van der Waals surface area contributed by atoms with Gasteiger partial charge < -0.3 is 9.47 Å². The normalized spacial score (nSPS) is 10.8. The first-order valence-electron chi connectivity index (χ1n) is 6.05. The van der Waals surface area contributed by atoms with Gasteiger partial charge in [-0.15, -0.1) is 0 Å². The highest BCUT2D eigenvalue weighted by Crippen LogP contribution is 2.26. The van der Waals surface area contributed by atoms with Crippen LogP contribution in [-0.2, 0) is 10.0 Å². The molecule has 116 valence electrons. The Labute approximate surface area is 132 Å². The number of sulfonamides is 1. The predicted molar refractivity (Wildman–Crippen MR) is 80.8 cm³/mol. The highest BCUT2D eigenvalue weighted by atomic mass is 35.5. The van der Waals surface area contributed by atoms with Gasteiger partial charge in [-0.05, 0) is 36.4 Å². The second-order valence-corrected chi connectivity index (χ2v) is 6.22. The lowest BCUT2D eigenvalue weighted by Gasteiger charge is -2.10. The van der Waals surface area contributed by atoms with Crippen LogP contribution in [0.2, 0.25) is 5.02 Å². The van der Waals surface area contributed by atoms with Crippen LogP contribution in [0.3, 0.4) is 0 Å². The van der Waals surface area contributed by atoms with E-state index in [0.29, 0.717) is 10.8 Å². The van der Waals surface area contributed by atoms with Crippen molar-refractivity contribution in [2.75, 3.05) is 7.11 Å². The summed E-state index contributed by atoms with van der Waals surface area (Å²) in [6.45, 7) is 0. The number of ether oxygens (including phenoxy) is 2. The Bertz CT molecular complexity index is 774. The van der Waals surface area contributed by atoms with Crippen molar-refractivity contribution >= 4 is 27.7 Å². The molecular formula is C14H12ClNO5S. The molecule has 1 amide bonds. The van der Waals surface area contributed by atoms with Crippen molar-refractivity contribution in [2.24, 2.45) is 0 Å². The number of halogens is 1. The lowest BCUT2D eigenvalue weighted by atomic mass is 10.3. The minimum atomic E-state index is -4.04. The zero-order valence-electron chi connectivity index (χ0n) is 11.4. The summed E-state index contributed by atoms with van der Waals surface area (Å²) in [5, 5.41) is 0.385. The van der Waals surface area contributed by atoms with Gasteiger partial charge in [0.1, 0.15) is 0 Å². The number of amides is 1. The van der Waals surface area contributed by atoms with Crippen molar-refractivity contribution in [2.45, 2.75) is 4.90 Å². The van der Waals surface area contributed by atoms with Gasteiger partial charge in [0.25, 0.3) is 10.0 Å². The Balaban J connectivity index is 2.13. The van der Waals surface area contributed by atoms with E-state index < -0.39 is 16.1 Å². The van der Waals surface area contributed by atoms with Gasteiger partial charge in [-0.1, -0.05) is 23.7 Å². The molecule has 2 rings (SSSR count).